The number of anilines is 2. The standard InChI is InChI=1S/C21H31N7O/c1-16-13-19(22-2)26-20(24-16)14-17-4-7-27(8-5-17)15-18-3-6-23-21(25-18)28-9-11-29-12-10-28/h3,6,13,17H,4-5,7-12,14-15H2,1-2H3,(H,22,24,26). The maximum atomic E-state index is 5.43. The van der Waals surface area contributed by atoms with E-state index in [0.717, 1.165) is 81.3 Å². The fourth-order valence-electron chi connectivity index (χ4n) is 4.07. The first kappa shape index (κ1) is 20.0. The molecule has 8 heteroatoms. The number of aromatic nitrogens is 4. The third-order valence-electron chi connectivity index (χ3n) is 5.72. The summed E-state index contributed by atoms with van der Waals surface area (Å²) in [6.07, 6.45) is 5.19. The highest BCUT2D eigenvalue weighted by molar-refractivity contribution is 5.34. The Bertz CT molecular complexity index is 801. The molecule has 2 aliphatic rings. The Balaban J connectivity index is 1.29. The predicted molar refractivity (Wildman–Crippen MR) is 113 cm³/mol. The Hall–Kier alpha value is -2.32. The van der Waals surface area contributed by atoms with Crippen molar-refractivity contribution in [3.63, 3.8) is 0 Å². The number of morpholine rings is 1. The highest BCUT2D eigenvalue weighted by atomic mass is 16.5. The maximum absolute atomic E-state index is 5.43. The minimum atomic E-state index is 0.645. The molecule has 0 radical (unpaired) electrons. The van der Waals surface area contributed by atoms with Crippen LogP contribution in [-0.2, 0) is 17.7 Å². The normalized spacial score (nSPS) is 18.8. The van der Waals surface area contributed by atoms with Crippen LogP contribution in [0.1, 0.15) is 30.1 Å². The lowest BCUT2D eigenvalue weighted by Crippen LogP contribution is -2.38. The number of aryl methyl sites for hydroxylation is 1. The molecule has 0 saturated carbocycles. The number of nitrogens with one attached hydrogen (secondary N) is 1. The van der Waals surface area contributed by atoms with Crippen molar-refractivity contribution in [1.82, 2.24) is 24.8 Å². The molecule has 2 aliphatic heterocycles. The minimum Gasteiger partial charge on any atom is -0.378 e. The number of nitrogens with zero attached hydrogens (tertiary/aromatic N) is 6. The van der Waals surface area contributed by atoms with Gasteiger partial charge < -0.3 is 15.0 Å². The van der Waals surface area contributed by atoms with E-state index in [1.807, 2.05) is 32.3 Å². The molecule has 2 fully saturated rings. The van der Waals surface area contributed by atoms with Crippen LogP contribution in [0.2, 0.25) is 0 Å². The third kappa shape index (κ3) is 5.39. The highest BCUT2D eigenvalue weighted by Gasteiger charge is 2.22. The molecule has 0 aromatic carbocycles. The Morgan fingerprint density at radius 1 is 1.10 bits per heavy atom. The van der Waals surface area contributed by atoms with Crippen molar-refractivity contribution in [3.05, 3.63) is 35.5 Å². The average Bonchev–Trinajstić information content (AvgIpc) is 2.75. The van der Waals surface area contributed by atoms with Crippen LogP contribution in [0.15, 0.2) is 18.3 Å². The van der Waals surface area contributed by atoms with Gasteiger partial charge in [0.2, 0.25) is 5.95 Å². The van der Waals surface area contributed by atoms with E-state index >= 15 is 0 Å². The highest BCUT2D eigenvalue weighted by Crippen LogP contribution is 2.22. The van der Waals surface area contributed by atoms with E-state index in [-0.39, 0.29) is 0 Å². The molecule has 2 aromatic heterocycles. The van der Waals surface area contributed by atoms with E-state index in [2.05, 4.69) is 30.1 Å². The number of ether oxygens (including phenoxy) is 1. The second-order valence-electron chi connectivity index (χ2n) is 7.93. The zero-order valence-corrected chi connectivity index (χ0v) is 17.5. The van der Waals surface area contributed by atoms with Gasteiger partial charge in [0.15, 0.2) is 0 Å². The Kier molecular flexibility index (Phi) is 6.51. The molecule has 4 heterocycles. The molecule has 0 atom stereocenters. The molecule has 29 heavy (non-hydrogen) atoms. The van der Waals surface area contributed by atoms with Crippen molar-refractivity contribution in [2.75, 3.05) is 56.7 Å². The van der Waals surface area contributed by atoms with Crippen molar-refractivity contribution >= 4 is 11.8 Å². The van der Waals surface area contributed by atoms with Crippen LogP contribution in [0.25, 0.3) is 0 Å². The first-order valence-electron chi connectivity index (χ1n) is 10.6. The summed E-state index contributed by atoms with van der Waals surface area (Å²) < 4.78 is 5.43. The molecular formula is C21H31N7O. The van der Waals surface area contributed by atoms with Crippen LogP contribution in [0.5, 0.6) is 0 Å². The van der Waals surface area contributed by atoms with Crippen molar-refractivity contribution < 1.29 is 4.74 Å². The molecule has 0 bridgehead atoms. The summed E-state index contributed by atoms with van der Waals surface area (Å²) >= 11 is 0. The SMILES string of the molecule is CNc1cc(C)nc(CC2CCN(Cc3ccnc(N4CCOCC4)n3)CC2)n1. The van der Waals surface area contributed by atoms with Gasteiger partial charge in [-0.2, -0.15) is 0 Å². The van der Waals surface area contributed by atoms with Crippen molar-refractivity contribution in [2.24, 2.45) is 5.92 Å². The zero-order chi connectivity index (χ0) is 20.1. The first-order chi connectivity index (χ1) is 14.2. The fraction of sp³-hybridized carbons (Fsp3) is 0.619. The molecule has 4 rings (SSSR count). The van der Waals surface area contributed by atoms with E-state index in [9.17, 15) is 0 Å². The summed E-state index contributed by atoms with van der Waals surface area (Å²) in [5.41, 5.74) is 2.12. The molecule has 2 saturated heterocycles. The predicted octanol–water partition coefficient (Wildman–Crippen LogP) is 1.91. The van der Waals surface area contributed by atoms with Gasteiger partial charge in [0.1, 0.15) is 11.6 Å². The lowest BCUT2D eigenvalue weighted by Gasteiger charge is -2.32. The van der Waals surface area contributed by atoms with E-state index in [1.165, 1.54) is 12.8 Å². The van der Waals surface area contributed by atoms with Crippen molar-refractivity contribution in [1.29, 1.82) is 0 Å². The summed E-state index contributed by atoms with van der Waals surface area (Å²) in [4.78, 5) is 23.2. The molecule has 0 spiro atoms. The summed E-state index contributed by atoms with van der Waals surface area (Å²) in [5, 5.41) is 3.13. The van der Waals surface area contributed by atoms with Gasteiger partial charge in [-0.1, -0.05) is 0 Å². The summed E-state index contributed by atoms with van der Waals surface area (Å²) in [5.74, 6) is 3.34. The van der Waals surface area contributed by atoms with E-state index in [1.54, 1.807) is 0 Å². The van der Waals surface area contributed by atoms with Crippen LogP contribution in [0.3, 0.4) is 0 Å². The van der Waals surface area contributed by atoms with Crippen LogP contribution >= 0.6 is 0 Å². The number of hydrogen-bond donors (Lipinski definition) is 1. The molecule has 156 valence electrons. The molecule has 0 amide bonds. The third-order valence-corrected chi connectivity index (χ3v) is 5.72. The minimum absolute atomic E-state index is 0.645. The summed E-state index contributed by atoms with van der Waals surface area (Å²) in [6.45, 7) is 8.33. The number of rotatable bonds is 6. The maximum Gasteiger partial charge on any atom is 0.225 e. The fourth-order valence-corrected chi connectivity index (χ4v) is 4.07. The van der Waals surface area contributed by atoms with Crippen LogP contribution in [0, 0.1) is 12.8 Å². The lowest BCUT2D eigenvalue weighted by atomic mass is 9.93. The van der Waals surface area contributed by atoms with Gasteiger partial charge in [0.05, 0.1) is 18.9 Å². The molecule has 2 aromatic rings. The largest absolute Gasteiger partial charge is 0.378 e. The summed E-state index contributed by atoms with van der Waals surface area (Å²) in [7, 11) is 1.90. The molecule has 8 nitrogen and oxygen atoms in total. The monoisotopic (exact) mass is 397 g/mol. The number of hydrogen-bond acceptors (Lipinski definition) is 8. The second kappa shape index (κ2) is 9.45. The molecule has 1 N–H and O–H groups in total. The Morgan fingerprint density at radius 3 is 2.66 bits per heavy atom. The second-order valence-corrected chi connectivity index (χ2v) is 7.93. The lowest BCUT2D eigenvalue weighted by molar-refractivity contribution is 0.122. The smallest absolute Gasteiger partial charge is 0.225 e. The van der Waals surface area contributed by atoms with Gasteiger partial charge >= 0.3 is 0 Å². The molecule has 0 aliphatic carbocycles. The summed E-state index contributed by atoms with van der Waals surface area (Å²) in [6, 6.07) is 4.02. The van der Waals surface area contributed by atoms with Gasteiger partial charge in [-0.15, -0.1) is 0 Å². The first-order valence-corrected chi connectivity index (χ1v) is 10.6. The van der Waals surface area contributed by atoms with Crippen LogP contribution < -0.4 is 10.2 Å². The quantitative estimate of drug-likeness (QED) is 0.792. The zero-order valence-electron chi connectivity index (χ0n) is 17.5. The Labute approximate surface area is 172 Å². The van der Waals surface area contributed by atoms with Gasteiger partial charge in [-0.3, -0.25) is 4.90 Å². The van der Waals surface area contributed by atoms with Gasteiger partial charge in [0, 0.05) is 51.1 Å². The van der Waals surface area contributed by atoms with Crippen LogP contribution in [0.4, 0.5) is 11.8 Å². The van der Waals surface area contributed by atoms with E-state index in [0.29, 0.717) is 5.92 Å². The molecule has 0 unspecified atom stereocenters. The Morgan fingerprint density at radius 2 is 1.90 bits per heavy atom. The van der Waals surface area contributed by atoms with E-state index < -0.39 is 0 Å². The van der Waals surface area contributed by atoms with Crippen LogP contribution in [-0.4, -0.2) is 71.3 Å². The topological polar surface area (TPSA) is 79.3 Å². The van der Waals surface area contributed by atoms with Gasteiger partial charge in [0.25, 0.3) is 0 Å². The number of piperidine rings is 1. The van der Waals surface area contributed by atoms with Crippen molar-refractivity contribution in [3.8, 4) is 0 Å². The number of likely N-dealkylation sites (tertiary alicyclic amines) is 1. The van der Waals surface area contributed by atoms with Crippen molar-refractivity contribution in [2.45, 2.75) is 32.7 Å². The molecular weight excluding hydrogens is 366 g/mol. The average molecular weight is 398 g/mol. The van der Waals surface area contributed by atoms with E-state index in [4.69, 9.17) is 9.72 Å². The van der Waals surface area contributed by atoms with Gasteiger partial charge in [-0.25, -0.2) is 19.9 Å². The van der Waals surface area contributed by atoms with Gasteiger partial charge in [-0.05, 0) is 44.8 Å².